The number of rotatable bonds is 1. The van der Waals surface area contributed by atoms with Crippen LogP contribution in [-0.2, 0) is 14.3 Å². The van der Waals surface area contributed by atoms with Crippen LogP contribution in [0.2, 0.25) is 0 Å². The van der Waals surface area contributed by atoms with Gasteiger partial charge in [-0.05, 0) is 11.6 Å². The van der Waals surface area contributed by atoms with Crippen LogP contribution in [0.4, 0.5) is 0 Å². The van der Waals surface area contributed by atoms with Crippen molar-refractivity contribution >= 4 is 5.97 Å². The molecule has 0 aliphatic carbocycles. The highest BCUT2D eigenvalue weighted by atomic mass is 16.5. The van der Waals surface area contributed by atoms with E-state index >= 15 is 0 Å². The van der Waals surface area contributed by atoms with Crippen LogP contribution >= 0.6 is 0 Å². The van der Waals surface area contributed by atoms with Gasteiger partial charge >= 0.3 is 5.97 Å². The third kappa shape index (κ3) is 2.94. The molecule has 0 fully saturated rings. The number of hydrogen-bond donors (Lipinski definition) is 0. The molecule has 1 aliphatic rings. The quantitative estimate of drug-likeness (QED) is 0.535. The van der Waals surface area contributed by atoms with E-state index < -0.39 is 0 Å². The van der Waals surface area contributed by atoms with Gasteiger partial charge in [-0.3, -0.25) is 4.79 Å². The summed E-state index contributed by atoms with van der Waals surface area (Å²) in [5.74, 6) is -0.222. The Morgan fingerprint density at radius 2 is 1.81 bits per heavy atom. The fourth-order valence-electron chi connectivity index (χ4n) is 1.60. The van der Waals surface area contributed by atoms with Gasteiger partial charge in [0.15, 0.2) is 0 Å². The van der Waals surface area contributed by atoms with Gasteiger partial charge in [-0.1, -0.05) is 36.4 Å². The standard InChI is InChI=1S/C13H14O3/c14-13-10-12(11-6-2-1-3-7-11)15-8-4-5-9-16-13/h1-7,12H,8-10H2/b5-4-/t12-/m0/s1. The second-order valence-electron chi connectivity index (χ2n) is 3.59. The minimum absolute atomic E-state index is 0.212. The molecular weight excluding hydrogens is 204 g/mol. The Morgan fingerprint density at radius 1 is 1.06 bits per heavy atom. The van der Waals surface area contributed by atoms with Crippen LogP contribution in [-0.4, -0.2) is 19.2 Å². The van der Waals surface area contributed by atoms with Crippen molar-refractivity contribution in [1.29, 1.82) is 0 Å². The van der Waals surface area contributed by atoms with Crippen molar-refractivity contribution in [3.8, 4) is 0 Å². The third-order valence-corrected chi connectivity index (χ3v) is 2.42. The average Bonchev–Trinajstić information content (AvgIpc) is 2.42. The number of ether oxygens (including phenoxy) is 2. The summed E-state index contributed by atoms with van der Waals surface area (Å²) >= 11 is 0. The van der Waals surface area contributed by atoms with Gasteiger partial charge in [0.2, 0.25) is 0 Å². The maximum Gasteiger partial charge on any atom is 0.309 e. The molecule has 0 unspecified atom stereocenters. The Bertz CT molecular complexity index is 370. The van der Waals surface area contributed by atoms with Crippen molar-refractivity contribution in [2.75, 3.05) is 13.2 Å². The van der Waals surface area contributed by atoms with Crippen molar-refractivity contribution < 1.29 is 14.3 Å². The molecule has 2 rings (SSSR count). The van der Waals surface area contributed by atoms with Crippen LogP contribution in [0.25, 0.3) is 0 Å². The molecule has 0 saturated carbocycles. The van der Waals surface area contributed by atoms with E-state index in [1.54, 1.807) is 6.08 Å². The molecule has 0 amide bonds. The van der Waals surface area contributed by atoms with Gasteiger partial charge in [-0.2, -0.15) is 0 Å². The molecule has 1 heterocycles. The zero-order chi connectivity index (χ0) is 11.2. The fourth-order valence-corrected chi connectivity index (χ4v) is 1.60. The summed E-state index contributed by atoms with van der Waals surface area (Å²) in [6, 6.07) is 9.73. The SMILES string of the molecule is O=C1C[C@@H](c2ccccc2)OC/C=C\CO1. The van der Waals surface area contributed by atoms with Gasteiger partial charge in [0, 0.05) is 0 Å². The molecule has 1 aromatic rings. The van der Waals surface area contributed by atoms with Gasteiger partial charge in [-0.25, -0.2) is 0 Å². The molecule has 0 aromatic heterocycles. The summed E-state index contributed by atoms with van der Waals surface area (Å²) < 4.78 is 10.6. The summed E-state index contributed by atoms with van der Waals surface area (Å²) in [4.78, 5) is 11.4. The second kappa shape index (κ2) is 5.47. The van der Waals surface area contributed by atoms with Crippen molar-refractivity contribution in [3.05, 3.63) is 48.0 Å². The number of benzene rings is 1. The predicted molar refractivity (Wildman–Crippen MR) is 59.9 cm³/mol. The lowest BCUT2D eigenvalue weighted by atomic mass is 10.1. The Hall–Kier alpha value is -1.61. The second-order valence-corrected chi connectivity index (χ2v) is 3.59. The van der Waals surface area contributed by atoms with Crippen LogP contribution < -0.4 is 0 Å². The lowest BCUT2D eigenvalue weighted by Gasteiger charge is -2.15. The van der Waals surface area contributed by atoms with E-state index in [1.807, 2.05) is 36.4 Å². The molecule has 0 spiro atoms. The monoisotopic (exact) mass is 218 g/mol. The zero-order valence-electron chi connectivity index (χ0n) is 8.96. The highest BCUT2D eigenvalue weighted by Crippen LogP contribution is 2.22. The Morgan fingerprint density at radius 3 is 2.62 bits per heavy atom. The first-order valence-corrected chi connectivity index (χ1v) is 5.33. The van der Waals surface area contributed by atoms with Gasteiger partial charge in [0.25, 0.3) is 0 Å². The molecule has 0 saturated heterocycles. The molecule has 16 heavy (non-hydrogen) atoms. The van der Waals surface area contributed by atoms with Crippen LogP contribution in [0, 0.1) is 0 Å². The number of esters is 1. The van der Waals surface area contributed by atoms with E-state index in [9.17, 15) is 4.79 Å². The number of cyclic esters (lactones) is 1. The molecule has 1 aliphatic heterocycles. The fraction of sp³-hybridized carbons (Fsp3) is 0.308. The summed E-state index contributed by atoms with van der Waals surface area (Å²) in [6.07, 6.45) is 3.72. The Labute approximate surface area is 94.7 Å². The number of carbonyl (C=O) groups is 1. The van der Waals surface area contributed by atoms with Crippen molar-refractivity contribution in [2.24, 2.45) is 0 Å². The van der Waals surface area contributed by atoms with E-state index in [1.165, 1.54) is 0 Å². The summed E-state index contributed by atoms with van der Waals surface area (Å²) in [7, 11) is 0. The zero-order valence-corrected chi connectivity index (χ0v) is 8.96. The maximum atomic E-state index is 11.4. The lowest BCUT2D eigenvalue weighted by Crippen LogP contribution is -2.12. The first-order valence-electron chi connectivity index (χ1n) is 5.33. The van der Waals surface area contributed by atoms with Crippen LogP contribution in [0.3, 0.4) is 0 Å². The average molecular weight is 218 g/mol. The minimum Gasteiger partial charge on any atom is -0.461 e. The molecule has 3 nitrogen and oxygen atoms in total. The molecule has 1 atom stereocenters. The minimum atomic E-state index is -0.222. The summed E-state index contributed by atoms with van der Waals surface area (Å²) in [6.45, 7) is 0.847. The molecule has 84 valence electrons. The first kappa shape index (κ1) is 10.9. The third-order valence-electron chi connectivity index (χ3n) is 2.42. The van der Waals surface area contributed by atoms with Gasteiger partial charge in [0.1, 0.15) is 6.61 Å². The van der Waals surface area contributed by atoms with E-state index in [0.717, 1.165) is 5.56 Å². The van der Waals surface area contributed by atoms with Crippen LogP contribution in [0.1, 0.15) is 18.1 Å². The number of carbonyl (C=O) groups excluding carboxylic acids is 1. The predicted octanol–water partition coefficient (Wildman–Crippen LogP) is 2.25. The van der Waals surface area contributed by atoms with Crippen molar-refractivity contribution in [3.63, 3.8) is 0 Å². The van der Waals surface area contributed by atoms with Gasteiger partial charge in [0.05, 0.1) is 19.1 Å². The highest BCUT2D eigenvalue weighted by Gasteiger charge is 2.17. The first-order chi connectivity index (χ1) is 7.86. The van der Waals surface area contributed by atoms with E-state index in [-0.39, 0.29) is 18.5 Å². The molecule has 0 bridgehead atoms. The largest absolute Gasteiger partial charge is 0.461 e. The molecule has 1 aromatic carbocycles. The van der Waals surface area contributed by atoms with Crippen molar-refractivity contribution in [1.82, 2.24) is 0 Å². The van der Waals surface area contributed by atoms with E-state index in [0.29, 0.717) is 13.2 Å². The maximum absolute atomic E-state index is 11.4. The molecule has 0 radical (unpaired) electrons. The Balaban J connectivity index is 2.12. The van der Waals surface area contributed by atoms with E-state index in [4.69, 9.17) is 9.47 Å². The van der Waals surface area contributed by atoms with Crippen molar-refractivity contribution in [2.45, 2.75) is 12.5 Å². The van der Waals surface area contributed by atoms with Gasteiger partial charge in [-0.15, -0.1) is 0 Å². The normalized spacial score (nSPS) is 23.8. The van der Waals surface area contributed by atoms with Crippen LogP contribution in [0.15, 0.2) is 42.5 Å². The topological polar surface area (TPSA) is 35.5 Å². The number of hydrogen-bond acceptors (Lipinski definition) is 3. The van der Waals surface area contributed by atoms with E-state index in [2.05, 4.69) is 0 Å². The summed E-state index contributed by atoms with van der Waals surface area (Å²) in [5.41, 5.74) is 1.01. The Kier molecular flexibility index (Phi) is 3.72. The van der Waals surface area contributed by atoms with Gasteiger partial charge < -0.3 is 9.47 Å². The summed E-state index contributed by atoms with van der Waals surface area (Å²) in [5, 5.41) is 0. The molecular formula is C13H14O3. The smallest absolute Gasteiger partial charge is 0.309 e. The lowest BCUT2D eigenvalue weighted by molar-refractivity contribution is -0.145. The molecule has 0 N–H and O–H groups in total. The molecule has 3 heteroatoms. The highest BCUT2D eigenvalue weighted by molar-refractivity contribution is 5.70. The van der Waals surface area contributed by atoms with Crippen LogP contribution in [0.5, 0.6) is 0 Å².